The molecule has 3 aliphatic heterocycles. The van der Waals surface area contributed by atoms with Crippen molar-refractivity contribution in [3.63, 3.8) is 0 Å². The van der Waals surface area contributed by atoms with Crippen molar-refractivity contribution in [2.45, 2.75) is 70.4 Å². The number of aryl methyl sites for hydroxylation is 2. The number of pyridine rings is 2. The van der Waals surface area contributed by atoms with E-state index < -0.39 is 5.82 Å². The van der Waals surface area contributed by atoms with Gasteiger partial charge in [0.2, 0.25) is 5.91 Å². The van der Waals surface area contributed by atoms with Crippen molar-refractivity contribution in [1.29, 1.82) is 10.5 Å². The molecule has 12 heteroatoms. The van der Waals surface area contributed by atoms with E-state index in [2.05, 4.69) is 32.4 Å². The number of fused-ring (bicyclic) bond motifs is 4. The quantitative estimate of drug-likeness (QED) is 0.164. The van der Waals surface area contributed by atoms with Crippen molar-refractivity contribution in [3.05, 3.63) is 87.2 Å². The predicted octanol–water partition coefficient (Wildman–Crippen LogP) is 8.69. The fourth-order valence-corrected chi connectivity index (χ4v) is 7.95. The fraction of sp³-hybridized carbons (Fsp3) is 0.375. The summed E-state index contributed by atoms with van der Waals surface area (Å²) in [6.45, 7) is 3.95. The normalized spacial score (nSPS) is 20.0. The van der Waals surface area contributed by atoms with Crippen LogP contribution in [-0.4, -0.2) is 50.0 Å². The van der Waals surface area contributed by atoms with E-state index in [9.17, 15) is 10.1 Å². The fourth-order valence-electron chi connectivity index (χ4n) is 7.55. The molecular formula is C40H38Cl2FN7O2. The SMILES string of the molecule is C1NC2CC1C2.Cc1nc2c(F)c(-c3cccc(Cl)c3Cl)c(CCC#N)cc2c2[nH]c(C3CCCN3C(=O)C3CC3)cc12.N#Cc1ccncc1O. The Kier molecular flexibility index (Phi) is 10.3. The van der Waals surface area contributed by atoms with Crippen molar-refractivity contribution >= 4 is 50.9 Å². The molecule has 3 N–H and O–H groups in total. The van der Waals surface area contributed by atoms with E-state index in [-0.39, 0.29) is 46.1 Å². The Hall–Kier alpha value is -4.74. The molecular weight excluding hydrogens is 700 g/mol. The van der Waals surface area contributed by atoms with Crippen LogP contribution in [0, 0.1) is 47.2 Å². The van der Waals surface area contributed by atoms with E-state index in [4.69, 9.17) is 33.6 Å². The van der Waals surface area contributed by atoms with Gasteiger partial charge in [-0.25, -0.2) is 9.37 Å². The number of nitriles is 2. The summed E-state index contributed by atoms with van der Waals surface area (Å²) in [5.41, 5.74) is 4.43. The lowest BCUT2D eigenvalue weighted by molar-refractivity contribution is -0.133. The van der Waals surface area contributed by atoms with E-state index in [0.29, 0.717) is 39.2 Å². The van der Waals surface area contributed by atoms with Gasteiger partial charge < -0.3 is 20.3 Å². The third kappa shape index (κ3) is 7.04. The molecule has 5 fully saturated rings. The topological polar surface area (TPSA) is 142 Å². The van der Waals surface area contributed by atoms with Crippen molar-refractivity contribution in [1.82, 2.24) is 25.2 Å². The van der Waals surface area contributed by atoms with Crippen LogP contribution in [0.1, 0.15) is 73.5 Å². The lowest BCUT2D eigenvalue weighted by Crippen LogP contribution is -2.31. The molecule has 1 atom stereocenters. The molecule has 9 nitrogen and oxygen atoms in total. The molecule has 3 aromatic heterocycles. The second kappa shape index (κ2) is 15.1. The van der Waals surface area contributed by atoms with Gasteiger partial charge in [-0.1, -0.05) is 35.3 Å². The molecule has 0 spiro atoms. The molecule has 5 aromatic rings. The Morgan fingerprint density at radius 3 is 2.58 bits per heavy atom. The molecule has 10 rings (SSSR count). The van der Waals surface area contributed by atoms with E-state index in [0.717, 1.165) is 60.8 Å². The molecule has 3 saturated heterocycles. The number of carbonyl (C=O) groups excluding carboxylic acids is 1. The Morgan fingerprint density at radius 2 is 1.94 bits per heavy atom. The molecule has 2 aromatic carbocycles. The van der Waals surface area contributed by atoms with Gasteiger partial charge in [0.15, 0.2) is 11.6 Å². The smallest absolute Gasteiger partial charge is 0.226 e. The molecule has 0 radical (unpaired) electrons. The summed E-state index contributed by atoms with van der Waals surface area (Å²) < 4.78 is 16.3. The number of hydrogen-bond donors (Lipinski definition) is 3. The van der Waals surface area contributed by atoms with Gasteiger partial charge in [0.1, 0.15) is 11.6 Å². The zero-order valence-electron chi connectivity index (χ0n) is 28.7. The predicted molar refractivity (Wildman–Crippen MR) is 199 cm³/mol. The zero-order chi connectivity index (χ0) is 36.5. The number of nitrogens with one attached hydrogen (secondary N) is 2. The first-order valence-electron chi connectivity index (χ1n) is 17.7. The number of rotatable bonds is 5. The number of benzene rings is 2. The minimum Gasteiger partial charge on any atom is -0.505 e. The van der Waals surface area contributed by atoms with Crippen LogP contribution >= 0.6 is 23.2 Å². The average molecular weight is 739 g/mol. The lowest BCUT2D eigenvalue weighted by atomic mass is 9.87. The van der Waals surface area contributed by atoms with E-state index >= 15 is 4.39 Å². The molecule has 2 saturated carbocycles. The Morgan fingerprint density at radius 1 is 1.13 bits per heavy atom. The number of halogens is 3. The first kappa shape index (κ1) is 35.7. The highest BCUT2D eigenvalue weighted by Crippen LogP contribution is 2.43. The van der Waals surface area contributed by atoms with E-state index in [1.165, 1.54) is 37.8 Å². The maximum absolute atomic E-state index is 16.3. The van der Waals surface area contributed by atoms with Gasteiger partial charge in [0.05, 0.1) is 39.4 Å². The van der Waals surface area contributed by atoms with Crippen LogP contribution in [0.3, 0.4) is 0 Å². The second-order valence-electron chi connectivity index (χ2n) is 14.0. The highest BCUT2D eigenvalue weighted by Gasteiger charge is 2.39. The van der Waals surface area contributed by atoms with Crippen molar-refractivity contribution in [2.75, 3.05) is 13.1 Å². The summed E-state index contributed by atoms with van der Waals surface area (Å²) in [5.74, 6) is 0.939. The monoisotopic (exact) mass is 737 g/mol. The highest BCUT2D eigenvalue weighted by molar-refractivity contribution is 6.43. The summed E-state index contributed by atoms with van der Waals surface area (Å²) in [6.07, 6.45) is 10.0. The van der Waals surface area contributed by atoms with Gasteiger partial charge in [0, 0.05) is 64.4 Å². The Bertz CT molecular complexity index is 2240. The first-order valence-corrected chi connectivity index (χ1v) is 18.5. The zero-order valence-corrected chi connectivity index (χ0v) is 30.2. The minimum atomic E-state index is -0.484. The van der Waals surface area contributed by atoms with Crippen LogP contribution in [0.25, 0.3) is 32.9 Å². The molecule has 1 unspecified atom stereocenters. The Balaban J connectivity index is 0.000000229. The van der Waals surface area contributed by atoms with Gasteiger partial charge in [-0.05, 0) is 94.2 Å². The molecule has 266 valence electrons. The maximum atomic E-state index is 16.3. The van der Waals surface area contributed by atoms with Crippen LogP contribution < -0.4 is 5.32 Å². The lowest BCUT2D eigenvalue weighted by Gasteiger charge is -2.24. The van der Waals surface area contributed by atoms with Crippen LogP contribution in [0.5, 0.6) is 5.75 Å². The number of carbonyl (C=O) groups is 1. The van der Waals surface area contributed by atoms with Crippen LogP contribution in [0.4, 0.5) is 4.39 Å². The molecule has 2 bridgehead atoms. The summed E-state index contributed by atoms with van der Waals surface area (Å²) in [5, 5.41) is 31.9. The van der Waals surface area contributed by atoms with Gasteiger partial charge in [-0.3, -0.25) is 9.78 Å². The third-order valence-corrected chi connectivity index (χ3v) is 11.3. The number of hydrogen-bond acceptors (Lipinski definition) is 7. The number of H-pyrrole nitrogens is 1. The molecule has 5 aliphatic rings. The number of likely N-dealkylation sites (tertiary alicyclic amines) is 1. The third-order valence-electron chi connectivity index (χ3n) is 10.5. The van der Waals surface area contributed by atoms with Gasteiger partial charge in [-0.15, -0.1) is 0 Å². The maximum Gasteiger partial charge on any atom is 0.226 e. The van der Waals surface area contributed by atoms with Crippen molar-refractivity contribution < 1.29 is 14.3 Å². The number of aromatic nitrogens is 3. The number of aromatic amines is 1. The first-order chi connectivity index (χ1) is 25.2. The number of amides is 1. The molecule has 2 aliphatic carbocycles. The van der Waals surface area contributed by atoms with Gasteiger partial charge in [-0.2, -0.15) is 10.5 Å². The number of nitrogens with zero attached hydrogens (tertiary/aromatic N) is 5. The second-order valence-corrected chi connectivity index (χ2v) is 14.8. The van der Waals surface area contributed by atoms with Crippen molar-refractivity contribution in [3.8, 4) is 29.0 Å². The summed E-state index contributed by atoms with van der Waals surface area (Å²) in [7, 11) is 0. The average Bonchev–Trinajstić information content (AvgIpc) is 3.53. The summed E-state index contributed by atoms with van der Waals surface area (Å²) in [6, 6.07) is 15.5. The Labute approximate surface area is 311 Å². The highest BCUT2D eigenvalue weighted by atomic mass is 35.5. The number of aromatic hydroxyl groups is 1. The van der Waals surface area contributed by atoms with Crippen LogP contribution in [0.15, 0.2) is 48.8 Å². The van der Waals surface area contributed by atoms with Gasteiger partial charge >= 0.3 is 0 Å². The molecule has 52 heavy (non-hydrogen) atoms. The van der Waals surface area contributed by atoms with Crippen LogP contribution in [-0.2, 0) is 11.2 Å². The van der Waals surface area contributed by atoms with Gasteiger partial charge in [0.25, 0.3) is 0 Å². The standard InChI is InChI=1S/C29H25Cl2FN4O.C6H4N2O.C5H9N/c1-15-19-14-22(23-8-4-12-36(23)29(37)16-9-10-16)35-27(19)20-13-17(5-3-11-33)24(26(32)28(20)34-15)18-6-2-7-21(30)25(18)31;7-3-5-1-2-8-4-6(5)9;1-4-2-5(1)6-3-4/h2,6-7,13-14,16,23,35H,3-5,8-10,12H2,1H3;1-2,4,9H;4-6H,1-3H2. The van der Waals surface area contributed by atoms with Crippen molar-refractivity contribution in [2.24, 2.45) is 11.8 Å². The largest absolute Gasteiger partial charge is 0.505 e. The van der Waals surface area contributed by atoms with E-state index in [1.807, 2.05) is 17.9 Å². The molecule has 6 heterocycles. The summed E-state index contributed by atoms with van der Waals surface area (Å²) >= 11 is 12.8. The van der Waals surface area contributed by atoms with Crippen LogP contribution in [0.2, 0.25) is 10.0 Å². The van der Waals surface area contributed by atoms with E-state index in [1.54, 1.807) is 24.3 Å². The molecule has 1 amide bonds. The summed E-state index contributed by atoms with van der Waals surface area (Å²) in [4.78, 5) is 26.7. The minimum absolute atomic E-state index is 0.0117.